The zero-order valence-corrected chi connectivity index (χ0v) is 14.9. The van der Waals surface area contributed by atoms with E-state index < -0.39 is 11.6 Å². The number of anilines is 1. The monoisotopic (exact) mass is 373 g/mol. The van der Waals surface area contributed by atoms with Crippen LogP contribution in [0.1, 0.15) is 18.5 Å². The number of ether oxygens (including phenoxy) is 1. The summed E-state index contributed by atoms with van der Waals surface area (Å²) in [6.07, 6.45) is 0. The minimum atomic E-state index is -0.952. The van der Waals surface area contributed by atoms with Gasteiger partial charge in [-0.25, -0.2) is 0 Å². The van der Waals surface area contributed by atoms with Gasteiger partial charge in [-0.15, -0.1) is 0 Å². The van der Waals surface area contributed by atoms with E-state index in [4.69, 9.17) is 28.6 Å². The van der Waals surface area contributed by atoms with E-state index in [0.29, 0.717) is 15.9 Å². The first-order valence-electron chi connectivity index (χ1n) is 7.89. The van der Waals surface area contributed by atoms with Crippen molar-refractivity contribution in [2.45, 2.75) is 18.7 Å². The maximum atomic E-state index is 13.0. The highest BCUT2D eigenvalue weighted by atomic mass is 35.5. The number of benzene rings is 2. The zero-order chi connectivity index (χ0) is 17.6. The second-order valence-corrected chi connectivity index (χ2v) is 7.15. The Hall–Kier alpha value is -2.31. The molecule has 3 N–H and O–H groups in total. The lowest BCUT2D eigenvalue weighted by atomic mass is 9.80. The maximum absolute atomic E-state index is 13.0. The van der Waals surface area contributed by atoms with Crippen molar-refractivity contribution in [2.24, 2.45) is 5.92 Å². The molecule has 1 amide bonds. The van der Waals surface area contributed by atoms with Crippen molar-refractivity contribution in [3.05, 3.63) is 59.1 Å². The van der Waals surface area contributed by atoms with Gasteiger partial charge in [-0.1, -0.05) is 29.8 Å². The average molecular weight is 374 g/mol. The summed E-state index contributed by atoms with van der Waals surface area (Å²) < 4.78 is 6.13. The van der Waals surface area contributed by atoms with Crippen LogP contribution < -0.4 is 20.7 Å². The number of rotatable bonds is 2. The summed E-state index contributed by atoms with van der Waals surface area (Å²) in [4.78, 5) is 13.0. The second-order valence-electron chi connectivity index (χ2n) is 6.30. The molecule has 5 nitrogen and oxygen atoms in total. The molecule has 2 aliphatic heterocycles. The van der Waals surface area contributed by atoms with E-state index in [0.717, 1.165) is 11.3 Å². The molecule has 1 fully saturated rings. The van der Waals surface area contributed by atoms with Gasteiger partial charge in [-0.2, -0.15) is 0 Å². The summed E-state index contributed by atoms with van der Waals surface area (Å²) in [7, 11) is 0. The van der Waals surface area contributed by atoms with Gasteiger partial charge in [-0.3, -0.25) is 4.79 Å². The molecule has 2 aromatic carbocycles. The van der Waals surface area contributed by atoms with E-state index in [1.807, 2.05) is 49.4 Å². The quantitative estimate of drug-likeness (QED) is 0.705. The van der Waals surface area contributed by atoms with Gasteiger partial charge in [0.1, 0.15) is 11.7 Å². The molecule has 3 atom stereocenters. The molecule has 4 rings (SSSR count). The Morgan fingerprint density at radius 1 is 1.28 bits per heavy atom. The zero-order valence-electron chi connectivity index (χ0n) is 13.4. The number of para-hydroxylation sites is 1. The van der Waals surface area contributed by atoms with Gasteiger partial charge in [0.05, 0.1) is 6.04 Å². The average Bonchev–Trinajstić information content (AvgIpc) is 2.55. The molecule has 2 aliphatic rings. The SMILES string of the molecule is C[C@@]12NC(=S)N[C@@H](c3cc(Cl)ccc3O1)[C@@H]2C(=O)Nc1ccccc1. The van der Waals surface area contributed by atoms with Crippen molar-refractivity contribution in [1.29, 1.82) is 0 Å². The standard InChI is InChI=1S/C18H16ClN3O2S/c1-18-14(16(23)20-11-5-3-2-4-6-11)15(21-17(25)22-18)12-9-10(19)7-8-13(12)24-18/h2-9,14-15H,1H3,(H,20,23)(H2,21,22,25)/t14-,15+,18-/m1/s1. The van der Waals surface area contributed by atoms with Crippen molar-refractivity contribution in [1.82, 2.24) is 10.6 Å². The Labute approximate surface area is 155 Å². The van der Waals surface area contributed by atoms with Crippen molar-refractivity contribution in [2.75, 3.05) is 5.32 Å². The van der Waals surface area contributed by atoms with Gasteiger partial charge >= 0.3 is 0 Å². The highest BCUT2D eigenvalue weighted by Crippen LogP contribution is 2.45. The lowest BCUT2D eigenvalue weighted by molar-refractivity contribution is -0.132. The first-order chi connectivity index (χ1) is 12.0. The molecule has 0 unspecified atom stereocenters. The largest absolute Gasteiger partial charge is 0.467 e. The molecule has 0 aliphatic carbocycles. The van der Waals surface area contributed by atoms with Crippen LogP contribution in [0.2, 0.25) is 5.02 Å². The first-order valence-corrected chi connectivity index (χ1v) is 8.68. The number of thiocarbonyl (C=S) groups is 1. The molecule has 0 aromatic heterocycles. The highest BCUT2D eigenvalue weighted by Gasteiger charge is 2.54. The van der Waals surface area contributed by atoms with E-state index in [2.05, 4.69) is 16.0 Å². The maximum Gasteiger partial charge on any atom is 0.236 e. The number of fused-ring (bicyclic) bond motifs is 4. The molecule has 0 radical (unpaired) electrons. The van der Waals surface area contributed by atoms with Crippen molar-refractivity contribution in [3.63, 3.8) is 0 Å². The smallest absolute Gasteiger partial charge is 0.236 e. The van der Waals surface area contributed by atoms with Crippen molar-refractivity contribution in [3.8, 4) is 5.75 Å². The Morgan fingerprint density at radius 2 is 2.04 bits per heavy atom. The number of amides is 1. The number of carbonyl (C=O) groups is 1. The Bertz CT molecular complexity index is 861. The van der Waals surface area contributed by atoms with Crippen molar-refractivity contribution < 1.29 is 9.53 Å². The van der Waals surface area contributed by atoms with Crippen LogP contribution >= 0.6 is 23.8 Å². The molecular formula is C18H16ClN3O2S. The number of hydrogen-bond donors (Lipinski definition) is 3. The van der Waals surface area contributed by atoms with Gasteiger partial charge < -0.3 is 20.7 Å². The van der Waals surface area contributed by atoms with Gasteiger partial charge in [0.2, 0.25) is 5.91 Å². The fraction of sp³-hybridized carbons (Fsp3) is 0.222. The van der Waals surface area contributed by atoms with Crippen LogP contribution in [0.15, 0.2) is 48.5 Å². The molecular weight excluding hydrogens is 358 g/mol. The second kappa shape index (κ2) is 5.89. The number of hydrogen-bond acceptors (Lipinski definition) is 3. The van der Waals surface area contributed by atoms with E-state index in [1.54, 1.807) is 6.07 Å². The van der Waals surface area contributed by atoms with Crippen LogP contribution in [0.5, 0.6) is 5.75 Å². The van der Waals surface area contributed by atoms with Gasteiger partial charge in [-0.05, 0) is 49.5 Å². The predicted octanol–water partition coefficient (Wildman–Crippen LogP) is 3.22. The number of nitrogens with one attached hydrogen (secondary N) is 3. The summed E-state index contributed by atoms with van der Waals surface area (Å²) in [6.45, 7) is 1.83. The summed E-state index contributed by atoms with van der Waals surface area (Å²) in [5, 5.41) is 10.3. The summed E-state index contributed by atoms with van der Waals surface area (Å²) in [5.74, 6) is -0.0136. The van der Waals surface area contributed by atoms with E-state index in [-0.39, 0.29) is 11.9 Å². The van der Waals surface area contributed by atoms with Crippen LogP contribution in [0, 0.1) is 5.92 Å². The first kappa shape index (κ1) is 16.2. The number of halogens is 1. The summed E-state index contributed by atoms with van der Waals surface area (Å²) in [6, 6.07) is 14.4. The molecule has 128 valence electrons. The Morgan fingerprint density at radius 3 is 2.80 bits per heavy atom. The fourth-order valence-corrected chi connectivity index (χ4v) is 3.97. The predicted molar refractivity (Wildman–Crippen MR) is 101 cm³/mol. The number of carbonyl (C=O) groups excluding carboxylic acids is 1. The van der Waals surface area contributed by atoms with Gasteiger partial charge in [0, 0.05) is 16.3 Å². The summed E-state index contributed by atoms with van der Waals surface area (Å²) >= 11 is 11.4. The molecule has 2 aromatic rings. The van der Waals surface area contributed by atoms with E-state index >= 15 is 0 Å². The van der Waals surface area contributed by atoms with Crippen LogP contribution in [0.3, 0.4) is 0 Å². The minimum Gasteiger partial charge on any atom is -0.467 e. The lowest BCUT2D eigenvalue weighted by Crippen LogP contribution is -2.70. The Kier molecular flexibility index (Phi) is 3.81. The lowest BCUT2D eigenvalue weighted by Gasteiger charge is -2.50. The molecule has 2 bridgehead atoms. The van der Waals surface area contributed by atoms with Crippen LogP contribution in [-0.2, 0) is 4.79 Å². The fourth-order valence-electron chi connectivity index (χ4n) is 3.45. The minimum absolute atomic E-state index is 0.160. The van der Waals surface area contributed by atoms with Crippen LogP contribution in [-0.4, -0.2) is 16.7 Å². The molecule has 7 heteroatoms. The van der Waals surface area contributed by atoms with Gasteiger partial charge in [0.15, 0.2) is 10.8 Å². The normalized spacial score (nSPS) is 26.6. The van der Waals surface area contributed by atoms with Gasteiger partial charge in [0.25, 0.3) is 0 Å². The van der Waals surface area contributed by atoms with Crippen LogP contribution in [0.25, 0.3) is 0 Å². The summed E-state index contributed by atoms with van der Waals surface area (Å²) in [5.41, 5.74) is 0.600. The highest BCUT2D eigenvalue weighted by molar-refractivity contribution is 7.80. The molecule has 0 spiro atoms. The third-order valence-electron chi connectivity index (χ3n) is 4.53. The third kappa shape index (κ3) is 2.81. The molecule has 0 saturated carbocycles. The van der Waals surface area contributed by atoms with Crippen molar-refractivity contribution >= 4 is 40.5 Å². The molecule has 25 heavy (non-hydrogen) atoms. The van der Waals surface area contributed by atoms with Crippen LogP contribution in [0.4, 0.5) is 5.69 Å². The molecule has 2 heterocycles. The molecule has 1 saturated heterocycles. The van der Waals surface area contributed by atoms with E-state index in [9.17, 15) is 4.79 Å². The topological polar surface area (TPSA) is 62.4 Å². The Balaban J connectivity index is 1.74. The third-order valence-corrected chi connectivity index (χ3v) is 4.98. The van der Waals surface area contributed by atoms with E-state index in [1.165, 1.54) is 0 Å².